The van der Waals surface area contributed by atoms with Gasteiger partial charge in [-0.1, -0.05) is 191 Å². The van der Waals surface area contributed by atoms with E-state index >= 15 is 0 Å². The minimum absolute atomic E-state index is 0.154. The van der Waals surface area contributed by atoms with Crippen molar-refractivity contribution in [3.8, 4) is 55.6 Å². The Morgan fingerprint density at radius 1 is 0.373 bits per heavy atom. The first-order chi connectivity index (χ1) is 32.7. The summed E-state index contributed by atoms with van der Waals surface area (Å²) in [5, 5.41) is 6.33. The number of hydrogen-bond donors (Lipinski definition) is 1. The van der Waals surface area contributed by atoms with Crippen LogP contribution < -0.4 is 21.1 Å². The molecule has 317 valence electrons. The van der Waals surface area contributed by atoms with Gasteiger partial charge in [0.1, 0.15) is 0 Å². The molecule has 13 rings (SSSR count). The molecule has 3 heteroatoms. The Morgan fingerprint density at radius 2 is 0.925 bits per heavy atom. The molecule has 0 atom stereocenters. The van der Waals surface area contributed by atoms with E-state index in [-0.39, 0.29) is 10.8 Å². The Morgan fingerprint density at radius 3 is 1.61 bits per heavy atom. The van der Waals surface area contributed by atoms with Crippen molar-refractivity contribution in [3.05, 3.63) is 235 Å². The first-order valence-electron chi connectivity index (χ1n) is 23.6. The summed E-state index contributed by atoms with van der Waals surface area (Å²) in [4.78, 5) is 2.58. The van der Waals surface area contributed by atoms with E-state index in [9.17, 15) is 0 Å². The average molecular weight is 856 g/mol. The molecule has 3 aliphatic rings. The van der Waals surface area contributed by atoms with Crippen molar-refractivity contribution in [2.75, 3.05) is 10.2 Å². The Balaban J connectivity index is 1.06. The van der Waals surface area contributed by atoms with Crippen molar-refractivity contribution in [1.82, 2.24) is 0 Å². The lowest BCUT2D eigenvalue weighted by molar-refractivity contribution is 0.660. The molecule has 10 aromatic rings. The second-order valence-electron chi connectivity index (χ2n) is 19.6. The number of fused-ring (bicyclic) bond motifs is 9. The zero-order chi connectivity index (χ0) is 45.0. The van der Waals surface area contributed by atoms with Gasteiger partial charge in [-0.2, -0.15) is 0 Å². The number of rotatable bonds is 6. The molecule has 0 fully saturated rings. The Kier molecular flexibility index (Phi) is 8.74. The van der Waals surface area contributed by atoms with Crippen LogP contribution in [-0.2, 0) is 10.8 Å². The van der Waals surface area contributed by atoms with Gasteiger partial charge in [-0.05, 0) is 143 Å². The molecule has 1 N–H and O–H groups in total. The fraction of sp³-hybridized carbons (Fsp3) is 0.0938. The van der Waals surface area contributed by atoms with E-state index in [1.165, 1.54) is 99.7 Å². The third-order valence-corrected chi connectivity index (χ3v) is 15.1. The molecule has 0 amide bonds. The van der Waals surface area contributed by atoms with Crippen molar-refractivity contribution in [1.29, 1.82) is 0 Å². The fourth-order valence-electron chi connectivity index (χ4n) is 11.6. The van der Waals surface area contributed by atoms with E-state index in [0.29, 0.717) is 0 Å². The number of nitrogens with zero attached hydrogens (tertiary/aromatic N) is 1. The molecule has 2 nitrogen and oxygen atoms in total. The maximum atomic E-state index is 3.94. The lowest BCUT2D eigenvalue weighted by Crippen LogP contribution is -2.41. The average Bonchev–Trinajstić information content (AvgIpc) is 3.73. The topological polar surface area (TPSA) is 15.3 Å². The van der Waals surface area contributed by atoms with Crippen LogP contribution in [0.25, 0.3) is 66.4 Å². The molecule has 0 bridgehead atoms. The van der Waals surface area contributed by atoms with Crippen molar-refractivity contribution in [3.63, 3.8) is 0 Å². The van der Waals surface area contributed by atoms with Crippen molar-refractivity contribution in [2.24, 2.45) is 0 Å². The van der Waals surface area contributed by atoms with Crippen LogP contribution in [0.1, 0.15) is 49.9 Å². The molecule has 0 unspecified atom stereocenters. The van der Waals surface area contributed by atoms with E-state index in [1.807, 2.05) is 0 Å². The van der Waals surface area contributed by atoms with Gasteiger partial charge >= 0.3 is 0 Å². The molecular formula is C64H48BN2. The van der Waals surface area contributed by atoms with Crippen LogP contribution >= 0.6 is 0 Å². The van der Waals surface area contributed by atoms with E-state index in [1.54, 1.807) is 0 Å². The summed E-state index contributed by atoms with van der Waals surface area (Å²) in [6.45, 7) is 9.54. The highest BCUT2D eigenvalue weighted by atomic mass is 15.2. The maximum absolute atomic E-state index is 3.94. The zero-order valence-corrected chi connectivity index (χ0v) is 38.2. The van der Waals surface area contributed by atoms with Crippen LogP contribution in [0.2, 0.25) is 0 Å². The quantitative estimate of drug-likeness (QED) is 0.168. The summed E-state index contributed by atoms with van der Waals surface area (Å²) < 4.78 is 0. The van der Waals surface area contributed by atoms with Crippen LogP contribution in [0.5, 0.6) is 0 Å². The summed E-state index contributed by atoms with van der Waals surface area (Å²) in [5.74, 6) is 0. The molecule has 2 aliphatic carbocycles. The van der Waals surface area contributed by atoms with E-state index in [2.05, 4.69) is 258 Å². The van der Waals surface area contributed by atoms with Crippen molar-refractivity contribution < 1.29 is 0 Å². The fourth-order valence-corrected chi connectivity index (χ4v) is 11.6. The predicted octanol–water partition coefficient (Wildman–Crippen LogP) is 15.6. The van der Waals surface area contributed by atoms with Crippen LogP contribution in [0, 0.1) is 0 Å². The highest BCUT2D eigenvalue weighted by Gasteiger charge is 2.40. The molecule has 1 aliphatic heterocycles. The first-order valence-corrected chi connectivity index (χ1v) is 23.6. The van der Waals surface area contributed by atoms with Crippen LogP contribution in [0.4, 0.5) is 28.4 Å². The van der Waals surface area contributed by atoms with Gasteiger partial charge < -0.3 is 10.2 Å². The second kappa shape index (κ2) is 14.8. The standard InChI is InChI=1S/C64H48BN2/c1-63(2)54-25-15-13-23-48(54)50-32-31-47(37-56(50)63)67-60-39-57-51(49-24-14-16-26-55(49)64(57,3)4)38-58(60)65-62-53(34-45(36-61(62)67)41-19-9-6-10-20-41)52-33-43-21-11-12-22-44(43)35-59(52)66-46-29-27-42(28-30-46)40-17-7-5-8-18-40/h5-39,66H,1-4H3. The molecule has 67 heavy (non-hydrogen) atoms. The summed E-state index contributed by atoms with van der Waals surface area (Å²) in [5.41, 5.74) is 25.6. The Bertz CT molecular complexity index is 3620. The van der Waals surface area contributed by atoms with Gasteiger partial charge in [-0.15, -0.1) is 0 Å². The van der Waals surface area contributed by atoms with Gasteiger partial charge in [0.15, 0.2) is 7.28 Å². The van der Waals surface area contributed by atoms with E-state index in [4.69, 9.17) is 0 Å². The molecule has 0 spiro atoms. The summed E-state index contributed by atoms with van der Waals surface area (Å²) in [6, 6.07) is 78.8. The predicted molar refractivity (Wildman–Crippen MR) is 285 cm³/mol. The normalized spacial score (nSPS) is 14.3. The lowest BCUT2D eigenvalue weighted by atomic mass is 9.57. The van der Waals surface area contributed by atoms with E-state index in [0.717, 1.165) is 28.3 Å². The molecule has 1 radical (unpaired) electrons. The van der Waals surface area contributed by atoms with Crippen LogP contribution in [0.3, 0.4) is 0 Å². The van der Waals surface area contributed by atoms with Gasteiger partial charge in [-0.3, -0.25) is 0 Å². The van der Waals surface area contributed by atoms with Crippen molar-refractivity contribution >= 4 is 57.4 Å². The largest absolute Gasteiger partial charge is 0.355 e. The van der Waals surface area contributed by atoms with Gasteiger partial charge in [0, 0.05) is 44.8 Å². The number of benzene rings is 10. The van der Waals surface area contributed by atoms with Gasteiger partial charge in [0.25, 0.3) is 0 Å². The monoisotopic (exact) mass is 855 g/mol. The molecule has 0 aromatic heterocycles. The maximum Gasteiger partial charge on any atom is 0.197 e. The van der Waals surface area contributed by atoms with Gasteiger partial charge in [-0.25, -0.2) is 0 Å². The molecule has 10 aromatic carbocycles. The first kappa shape index (κ1) is 39.5. The number of anilines is 5. The molecule has 1 heterocycles. The lowest BCUT2D eigenvalue weighted by Gasteiger charge is -2.37. The molecule has 0 saturated carbocycles. The Labute approximate surface area is 394 Å². The second-order valence-corrected chi connectivity index (χ2v) is 19.6. The van der Waals surface area contributed by atoms with Crippen molar-refractivity contribution in [2.45, 2.75) is 38.5 Å². The Hall–Kier alpha value is -7.88. The van der Waals surface area contributed by atoms with Gasteiger partial charge in [0.05, 0.1) is 0 Å². The highest BCUT2D eigenvalue weighted by Crippen LogP contribution is 2.54. The third-order valence-electron chi connectivity index (χ3n) is 15.1. The molecule has 0 saturated heterocycles. The SMILES string of the molecule is CC1(C)c2ccccc2-c2ccc(N3c4cc5c(cc4[B]c4c(-c6cc7ccccc7cc6Nc6ccc(-c7ccccc7)cc6)cc(-c6ccccc6)cc43)-c3ccccc3C5(C)C)cc21. The number of nitrogens with one attached hydrogen (secondary N) is 1. The third kappa shape index (κ3) is 6.18. The van der Waals surface area contributed by atoms with Crippen LogP contribution in [0.15, 0.2) is 212 Å². The van der Waals surface area contributed by atoms with Gasteiger partial charge in [0.2, 0.25) is 0 Å². The molecular weight excluding hydrogens is 808 g/mol. The summed E-state index contributed by atoms with van der Waals surface area (Å²) in [6.07, 6.45) is 0. The van der Waals surface area contributed by atoms with E-state index < -0.39 is 0 Å². The minimum Gasteiger partial charge on any atom is -0.355 e. The smallest absolute Gasteiger partial charge is 0.197 e. The zero-order valence-electron chi connectivity index (χ0n) is 38.2. The number of hydrogen-bond acceptors (Lipinski definition) is 2. The summed E-state index contributed by atoms with van der Waals surface area (Å²) >= 11 is 0. The minimum atomic E-state index is -0.156. The summed E-state index contributed by atoms with van der Waals surface area (Å²) in [7, 11) is 2.47. The van der Waals surface area contributed by atoms with Crippen LogP contribution in [-0.4, -0.2) is 7.28 Å². The highest BCUT2D eigenvalue weighted by molar-refractivity contribution is 6.73.